The number of nitrogens with two attached hydrogens (primary N) is 2. The summed E-state index contributed by atoms with van der Waals surface area (Å²) in [6.07, 6.45) is 4.80. The predicted octanol–water partition coefficient (Wildman–Crippen LogP) is -2.62. The van der Waals surface area contributed by atoms with E-state index in [1.165, 1.54) is 12.8 Å². The predicted molar refractivity (Wildman–Crippen MR) is 42.0 cm³/mol. The fraction of sp³-hybridized carbons (Fsp3) is 1.00. The molecule has 0 unspecified atom stereocenters. The van der Waals surface area contributed by atoms with Crippen molar-refractivity contribution < 1.29 is 82.4 Å². The van der Waals surface area contributed by atoms with E-state index in [1.54, 1.807) is 0 Å². The van der Waals surface area contributed by atoms with Crippen LogP contribution in [0.3, 0.4) is 0 Å². The summed E-state index contributed by atoms with van der Waals surface area (Å²) < 4.78 is 8.55. The Labute approximate surface area is 138 Å². The number of hydrogen-bond acceptors (Lipinski definition) is 6. The third-order valence-electron chi connectivity index (χ3n) is 1.87. The number of phosphoric acid groups is 1. The Morgan fingerprint density at radius 1 is 0.875 bits per heavy atom. The second-order valence-corrected chi connectivity index (χ2v) is 3.95. The van der Waals surface area contributed by atoms with Crippen LogP contribution >= 0.6 is 7.82 Å². The topological polar surface area (TPSA) is 138 Å². The van der Waals surface area contributed by atoms with Crippen molar-refractivity contribution >= 4 is 7.82 Å². The van der Waals surface area contributed by atoms with Gasteiger partial charge in [-0.3, -0.25) is 0 Å². The van der Waals surface area contributed by atoms with Crippen molar-refractivity contribution in [2.75, 3.05) is 0 Å². The van der Waals surface area contributed by atoms with Crippen LogP contribution in [0.1, 0.15) is 25.7 Å². The molecular formula is C6H14N2O4PPt3-3. The third kappa shape index (κ3) is 21.4. The number of hydrogen-bond donors (Lipinski definition) is 2. The van der Waals surface area contributed by atoms with Crippen molar-refractivity contribution in [2.45, 2.75) is 37.8 Å². The van der Waals surface area contributed by atoms with Crippen LogP contribution in [0.4, 0.5) is 0 Å². The maximum absolute atomic E-state index is 8.55. The van der Waals surface area contributed by atoms with Crippen molar-refractivity contribution in [3.63, 3.8) is 0 Å². The Kier molecular flexibility index (Phi) is 22.5. The van der Waals surface area contributed by atoms with Crippen molar-refractivity contribution in [3.05, 3.63) is 0 Å². The monoisotopic (exact) mass is 794 g/mol. The van der Waals surface area contributed by atoms with Crippen LogP contribution in [0.25, 0.3) is 0 Å². The Hall–Kier alpha value is 2.09. The van der Waals surface area contributed by atoms with Gasteiger partial charge in [0.15, 0.2) is 0 Å². The SMILES string of the molecule is N[C@@H]1CCCC[C@H]1N.O=P([O-])([O-])[O-].[Pt].[Pt].[Pt]. The van der Waals surface area contributed by atoms with Gasteiger partial charge < -0.3 is 30.7 Å². The minimum absolute atomic E-state index is 0. The Bertz CT molecular complexity index is 176. The van der Waals surface area contributed by atoms with E-state index in [0.29, 0.717) is 0 Å². The van der Waals surface area contributed by atoms with Gasteiger partial charge in [0, 0.05) is 75.3 Å². The van der Waals surface area contributed by atoms with E-state index in [9.17, 15) is 0 Å². The van der Waals surface area contributed by atoms with E-state index in [0.717, 1.165) is 12.8 Å². The van der Waals surface area contributed by atoms with Crippen molar-refractivity contribution in [2.24, 2.45) is 11.5 Å². The van der Waals surface area contributed by atoms with Gasteiger partial charge in [-0.25, -0.2) is 0 Å². The van der Waals surface area contributed by atoms with E-state index in [-0.39, 0.29) is 75.3 Å². The van der Waals surface area contributed by atoms with Gasteiger partial charge in [0.25, 0.3) is 0 Å². The molecule has 10 heteroatoms. The van der Waals surface area contributed by atoms with Crippen LogP contribution in [0.5, 0.6) is 0 Å². The smallest absolute Gasteiger partial charge is 0.0192 e. The molecule has 0 aliphatic heterocycles. The van der Waals surface area contributed by atoms with Gasteiger partial charge in [-0.1, -0.05) is 12.8 Å². The van der Waals surface area contributed by atoms with Crippen LogP contribution in [-0.4, -0.2) is 12.1 Å². The molecule has 0 amide bonds. The van der Waals surface area contributed by atoms with Crippen LogP contribution in [0.2, 0.25) is 0 Å². The van der Waals surface area contributed by atoms with E-state index >= 15 is 0 Å². The molecule has 0 spiro atoms. The second kappa shape index (κ2) is 13.5. The van der Waals surface area contributed by atoms with E-state index in [4.69, 9.17) is 30.7 Å². The third-order valence-corrected chi connectivity index (χ3v) is 1.87. The molecule has 1 rings (SSSR count). The van der Waals surface area contributed by atoms with Gasteiger partial charge in [0.2, 0.25) is 0 Å². The molecule has 0 aromatic rings. The Morgan fingerprint density at radius 2 is 1.06 bits per heavy atom. The fourth-order valence-corrected chi connectivity index (χ4v) is 1.19. The van der Waals surface area contributed by atoms with Gasteiger partial charge in [-0.05, 0) is 12.8 Å². The molecule has 0 aromatic carbocycles. The van der Waals surface area contributed by atoms with Gasteiger partial charge in [0.1, 0.15) is 0 Å². The van der Waals surface area contributed by atoms with Gasteiger partial charge >= 0.3 is 0 Å². The zero-order valence-corrected chi connectivity index (χ0v) is 15.9. The molecule has 0 heterocycles. The summed E-state index contributed by atoms with van der Waals surface area (Å²) >= 11 is 0. The van der Waals surface area contributed by atoms with Crippen LogP contribution in [0, 0.1) is 0 Å². The van der Waals surface area contributed by atoms with E-state index in [1.807, 2.05) is 0 Å². The largest absolute Gasteiger partial charge is 0.822 e. The van der Waals surface area contributed by atoms with Gasteiger partial charge in [-0.15, -0.1) is 0 Å². The maximum atomic E-state index is 8.55. The summed E-state index contributed by atoms with van der Waals surface area (Å²) in [5.41, 5.74) is 11.3. The molecule has 0 aromatic heterocycles. The molecule has 1 aliphatic carbocycles. The maximum Gasteiger partial charge on any atom is 0.0192 e. The molecule has 1 fully saturated rings. The van der Waals surface area contributed by atoms with Crippen molar-refractivity contribution in [3.8, 4) is 0 Å². The summed E-state index contributed by atoms with van der Waals surface area (Å²) in [6.45, 7) is 0. The molecule has 0 radical (unpaired) electrons. The molecule has 16 heavy (non-hydrogen) atoms. The van der Waals surface area contributed by atoms with Gasteiger partial charge in [-0.2, -0.15) is 7.82 Å². The van der Waals surface area contributed by atoms with Crippen LogP contribution in [0.15, 0.2) is 0 Å². The molecule has 1 saturated carbocycles. The summed E-state index contributed by atoms with van der Waals surface area (Å²) in [4.78, 5) is 25.6. The summed E-state index contributed by atoms with van der Waals surface area (Å²) in [7, 11) is -5.39. The first-order valence-electron chi connectivity index (χ1n) is 4.05. The Balaban J connectivity index is -0.0000000818. The standard InChI is InChI=1S/C6H14N2.H3O4P.3Pt/c7-5-3-1-2-4-6(5)8;1-5(2,3)4;;;/h5-6H,1-4,7-8H2;(H3,1,2,3,4);;;/p-3/t5-,6-;;;;/m1..../s1. The van der Waals surface area contributed by atoms with Crippen molar-refractivity contribution in [1.29, 1.82) is 0 Å². The Morgan fingerprint density at radius 3 is 1.19 bits per heavy atom. The average Bonchev–Trinajstić information content (AvgIpc) is 1.92. The normalized spacial score (nSPS) is 23.6. The molecule has 110 valence electrons. The van der Waals surface area contributed by atoms with Crippen molar-refractivity contribution in [1.82, 2.24) is 0 Å². The first-order chi connectivity index (χ1) is 5.80. The first kappa shape index (κ1) is 26.6. The second-order valence-electron chi connectivity index (χ2n) is 3.06. The quantitative estimate of drug-likeness (QED) is 0.258. The summed E-state index contributed by atoms with van der Waals surface area (Å²) in [6, 6.07) is 0.562. The molecule has 2 atom stereocenters. The molecule has 0 bridgehead atoms. The van der Waals surface area contributed by atoms with Crippen LogP contribution < -0.4 is 26.1 Å². The molecule has 0 saturated heterocycles. The van der Waals surface area contributed by atoms with Crippen LogP contribution in [-0.2, 0) is 67.8 Å². The summed E-state index contributed by atoms with van der Waals surface area (Å²) in [5, 5.41) is 0. The zero-order chi connectivity index (χ0) is 10.5. The average molecular weight is 794 g/mol. The molecular weight excluding hydrogens is 780 g/mol. The minimum Gasteiger partial charge on any atom is -0.822 e. The molecule has 1 aliphatic rings. The fourth-order valence-electron chi connectivity index (χ4n) is 1.19. The van der Waals surface area contributed by atoms with E-state index in [2.05, 4.69) is 0 Å². The summed E-state index contributed by atoms with van der Waals surface area (Å²) in [5.74, 6) is 0. The molecule has 6 nitrogen and oxygen atoms in total. The van der Waals surface area contributed by atoms with E-state index < -0.39 is 7.82 Å². The first-order valence-corrected chi connectivity index (χ1v) is 5.51. The molecule has 4 N–H and O–H groups in total. The van der Waals surface area contributed by atoms with Gasteiger partial charge in [0.05, 0.1) is 0 Å². The minimum atomic E-state index is -5.39. The zero-order valence-electron chi connectivity index (χ0n) is 8.17. The number of rotatable bonds is 0.